The summed E-state index contributed by atoms with van der Waals surface area (Å²) in [6, 6.07) is 0. The van der Waals surface area contributed by atoms with Gasteiger partial charge < -0.3 is 4.74 Å². The molecule has 0 aromatic carbocycles. The van der Waals surface area contributed by atoms with E-state index in [1.54, 1.807) is 0 Å². The molecule has 0 aliphatic heterocycles. The van der Waals surface area contributed by atoms with Crippen molar-refractivity contribution in [1.29, 1.82) is 0 Å². The van der Waals surface area contributed by atoms with Crippen LogP contribution in [0.2, 0.25) is 0 Å². The van der Waals surface area contributed by atoms with Crippen LogP contribution in [0.25, 0.3) is 0 Å². The van der Waals surface area contributed by atoms with Gasteiger partial charge in [0.15, 0.2) is 11.6 Å². The van der Waals surface area contributed by atoms with Crippen LogP contribution in [0.3, 0.4) is 0 Å². The smallest absolute Gasteiger partial charge is 0.293 e. The molecule has 0 unspecified atom stereocenters. The van der Waals surface area contributed by atoms with Gasteiger partial charge in [0.2, 0.25) is 0 Å². The van der Waals surface area contributed by atoms with Crippen molar-refractivity contribution in [3.8, 4) is 0 Å². The molecular weight excluding hydrogens is 284 g/mol. The minimum Gasteiger partial charge on any atom is -0.467 e. The van der Waals surface area contributed by atoms with E-state index in [0.717, 1.165) is 0 Å². The number of carbonyl (C=O) groups is 3. The van der Waals surface area contributed by atoms with Gasteiger partial charge in [-0.2, -0.15) is 0 Å². The first-order chi connectivity index (χ1) is 8.83. The van der Waals surface area contributed by atoms with Gasteiger partial charge in [-0.25, -0.2) is 0 Å². The minimum absolute atomic E-state index is 0.113. The molecule has 1 rings (SSSR count). The molecule has 0 aromatic rings. The van der Waals surface area contributed by atoms with Gasteiger partial charge in [0.05, 0.1) is 9.81 Å². The Labute approximate surface area is 121 Å². The third-order valence-corrected chi connectivity index (χ3v) is 4.11. The van der Waals surface area contributed by atoms with E-state index in [2.05, 4.69) is 4.74 Å². The van der Waals surface area contributed by atoms with Gasteiger partial charge in [0.1, 0.15) is 6.61 Å². The average molecular weight is 300 g/mol. The highest BCUT2D eigenvalue weighted by molar-refractivity contribution is 8.05. The summed E-state index contributed by atoms with van der Waals surface area (Å²) < 4.78 is 4.42. The summed E-state index contributed by atoms with van der Waals surface area (Å²) in [7, 11) is 0. The summed E-state index contributed by atoms with van der Waals surface area (Å²) in [5.74, 6) is 0.153. The maximum Gasteiger partial charge on any atom is 0.293 e. The fourth-order valence-electron chi connectivity index (χ4n) is 1.29. The predicted molar refractivity (Wildman–Crippen MR) is 78.0 cm³/mol. The Bertz CT molecular complexity index is 444. The SMILES string of the molecule is CC(C)(C)SC1=CC(=O)C(SCCOC=O)=CC1=O. The highest BCUT2D eigenvalue weighted by Gasteiger charge is 2.24. The second-order valence-corrected chi connectivity index (χ2v) is 7.78. The second kappa shape index (κ2) is 6.96. The van der Waals surface area contributed by atoms with E-state index < -0.39 is 0 Å². The third kappa shape index (κ3) is 5.65. The zero-order chi connectivity index (χ0) is 14.5. The van der Waals surface area contributed by atoms with Crippen LogP contribution >= 0.6 is 23.5 Å². The summed E-state index contributed by atoms with van der Waals surface area (Å²) in [5, 5.41) is 0. The maximum atomic E-state index is 11.9. The third-order valence-electron chi connectivity index (χ3n) is 1.95. The summed E-state index contributed by atoms with van der Waals surface area (Å²) in [5.41, 5.74) is 0. The van der Waals surface area contributed by atoms with Crippen molar-refractivity contribution in [2.75, 3.05) is 12.4 Å². The van der Waals surface area contributed by atoms with Crippen LogP contribution in [0.1, 0.15) is 20.8 Å². The summed E-state index contributed by atoms with van der Waals surface area (Å²) in [6.45, 7) is 6.55. The monoisotopic (exact) mass is 300 g/mol. The molecular formula is C13H16O4S2. The van der Waals surface area contributed by atoms with E-state index in [4.69, 9.17) is 0 Å². The molecule has 6 heteroatoms. The molecule has 0 aromatic heterocycles. The fraction of sp³-hybridized carbons (Fsp3) is 0.462. The van der Waals surface area contributed by atoms with Crippen LogP contribution in [0.15, 0.2) is 22.0 Å². The maximum absolute atomic E-state index is 11.9. The molecule has 0 saturated carbocycles. The van der Waals surface area contributed by atoms with Gasteiger partial charge in [-0.05, 0) is 0 Å². The number of ketones is 2. The van der Waals surface area contributed by atoms with E-state index in [1.165, 1.54) is 35.7 Å². The first-order valence-corrected chi connectivity index (χ1v) is 7.53. The zero-order valence-electron chi connectivity index (χ0n) is 11.1. The Morgan fingerprint density at radius 1 is 1.16 bits per heavy atom. The lowest BCUT2D eigenvalue weighted by Gasteiger charge is -2.20. The molecule has 0 heterocycles. The summed E-state index contributed by atoms with van der Waals surface area (Å²) >= 11 is 2.61. The van der Waals surface area contributed by atoms with Gasteiger partial charge in [-0.3, -0.25) is 14.4 Å². The van der Waals surface area contributed by atoms with E-state index in [1.807, 2.05) is 20.8 Å². The number of hydrogen-bond acceptors (Lipinski definition) is 6. The average Bonchev–Trinajstić information content (AvgIpc) is 2.28. The molecule has 4 nitrogen and oxygen atoms in total. The normalized spacial score (nSPS) is 15.9. The minimum atomic E-state index is -0.164. The van der Waals surface area contributed by atoms with Crippen molar-refractivity contribution in [3.05, 3.63) is 22.0 Å². The van der Waals surface area contributed by atoms with E-state index in [0.29, 0.717) is 22.0 Å². The molecule has 0 N–H and O–H groups in total. The largest absolute Gasteiger partial charge is 0.467 e. The fourth-order valence-corrected chi connectivity index (χ4v) is 3.07. The molecule has 0 radical (unpaired) electrons. The van der Waals surface area contributed by atoms with Crippen molar-refractivity contribution >= 4 is 41.6 Å². The number of carbonyl (C=O) groups excluding carboxylic acids is 3. The lowest BCUT2D eigenvalue weighted by molar-refractivity contribution is -0.128. The molecule has 1 aliphatic rings. The van der Waals surface area contributed by atoms with Gasteiger partial charge >= 0.3 is 0 Å². The Kier molecular flexibility index (Phi) is 5.87. The molecule has 0 saturated heterocycles. The molecule has 104 valence electrons. The van der Waals surface area contributed by atoms with Crippen molar-refractivity contribution in [2.24, 2.45) is 0 Å². The predicted octanol–water partition coefficient (Wildman–Crippen LogP) is 2.34. The molecule has 1 aliphatic carbocycles. The van der Waals surface area contributed by atoms with E-state index in [-0.39, 0.29) is 22.9 Å². The van der Waals surface area contributed by atoms with Crippen molar-refractivity contribution in [1.82, 2.24) is 0 Å². The summed E-state index contributed by atoms with van der Waals surface area (Å²) in [6.07, 6.45) is 2.75. The van der Waals surface area contributed by atoms with Gasteiger partial charge in [0.25, 0.3) is 6.47 Å². The van der Waals surface area contributed by atoms with E-state index >= 15 is 0 Å². The van der Waals surface area contributed by atoms with Gasteiger partial charge in [-0.15, -0.1) is 23.5 Å². The van der Waals surface area contributed by atoms with Crippen molar-refractivity contribution in [3.63, 3.8) is 0 Å². The van der Waals surface area contributed by atoms with Gasteiger partial charge in [-0.1, -0.05) is 20.8 Å². The number of thioether (sulfide) groups is 2. The zero-order valence-corrected chi connectivity index (χ0v) is 12.7. The first kappa shape index (κ1) is 16.0. The Balaban J connectivity index is 2.62. The standard InChI is InChI=1S/C13H16O4S2/c1-13(2,3)19-12-7-9(15)11(6-10(12)16)18-5-4-17-8-14/h6-8H,4-5H2,1-3H3. The van der Waals surface area contributed by atoms with Crippen LogP contribution in [0, 0.1) is 0 Å². The van der Waals surface area contributed by atoms with Crippen molar-refractivity contribution in [2.45, 2.75) is 25.5 Å². The molecule has 0 spiro atoms. The number of allylic oxidation sites excluding steroid dienone is 4. The van der Waals surface area contributed by atoms with Crippen LogP contribution in [-0.4, -0.2) is 35.1 Å². The molecule has 0 bridgehead atoms. The topological polar surface area (TPSA) is 60.4 Å². The number of rotatable bonds is 6. The van der Waals surface area contributed by atoms with Crippen LogP contribution < -0.4 is 0 Å². The highest BCUT2D eigenvalue weighted by atomic mass is 32.2. The van der Waals surface area contributed by atoms with Gasteiger partial charge in [0, 0.05) is 22.7 Å². The Morgan fingerprint density at radius 2 is 1.74 bits per heavy atom. The van der Waals surface area contributed by atoms with Crippen LogP contribution in [0.4, 0.5) is 0 Å². The highest BCUT2D eigenvalue weighted by Crippen LogP contribution is 2.35. The molecule has 0 fully saturated rings. The van der Waals surface area contributed by atoms with Crippen molar-refractivity contribution < 1.29 is 19.1 Å². The number of ether oxygens (including phenoxy) is 1. The molecule has 0 atom stereocenters. The molecule has 0 amide bonds. The lowest BCUT2D eigenvalue weighted by atomic mass is 10.2. The second-order valence-electron chi connectivity index (χ2n) is 4.78. The Morgan fingerprint density at radius 3 is 2.32 bits per heavy atom. The summed E-state index contributed by atoms with van der Waals surface area (Å²) in [4.78, 5) is 34.6. The first-order valence-electron chi connectivity index (χ1n) is 5.72. The van der Waals surface area contributed by atoms with E-state index in [9.17, 15) is 14.4 Å². The molecule has 19 heavy (non-hydrogen) atoms. The van der Waals surface area contributed by atoms with Crippen LogP contribution in [-0.2, 0) is 19.1 Å². The Hall–Kier alpha value is -1.01. The lowest BCUT2D eigenvalue weighted by Crippen LogP contribution is -2.16. The quantitative estimate of drug-likeness (QED) is 0.426. The van der Waals surface area contributed by atoms with Crippen LogP contribution in [0.5, 0.6) is 0 Å². The number of hydrogen-bond donors (Lipinski definition) is 0.